The van der Waals surface area contributed by atoms with Crippen LogP contribution in [0.25, 0.3) is 11.1 Å². The molecule has 0 aliphatic heterocycles. The van der Waals surface area contributed by atoms with Crippen molar-refractivity contribution in [3.05, 3.63) is 89.7 Å². The highest BCUT2D eigenvalue weighted by molar-refractivity contribution is 5.67. The van der Waals surface area contributed by atoms with Gasteiger partial charge in [-0.1, -0.05) is 54.6 Å². The van der Waals surface area contributed by atoms with Gasteiger partial charge in [0.15, 0.2) is 0 Å². The number of benzene rings is 2. The molecule has 0 spiro atoms. The molecule has 0 aliphatic carbocycles. The Hall–Kier alpha value is -2.98. The molecular formula is C22H22N2O2. The minimum Gasteiger partial charge on any atom is -0.481 e. The molecule has 3 aromatic rings. The largest absolute Gasteiger partial charge is 0.481 e. The van der Waals surface area contributed by atoms with Gasteiger partial charge in [-0.15, -0.1) is 0 Å². The summed E-state index contributed by atoms with van der Waals surface area (Å²) in [7, 11) is 0. The number of hydrogen-bond acceptors (Lipinski definition) is 3. The van der Waals surface area contributed by atoms with Gasteiger partial charge in [-0.3, -0.25) is 9.78 Å². The second-order valence-corrected chi connectivity index (χ2v) is 6.26. The molecule has 0 unspecified atom stereocenters. The van der Waals surface area contributed by atoms with E-state index in [4.69, 9.17) is 5.11 Å². The summed E-state index contributed by atoms with van der Waals surface area (Å²) in [5, 5.41) is 12.2. The molecule has 2 aromatic carbocycles. The van der Waals surface area contributed by atoms with Gasteiger partial charge in [-0.05, 0) is 40.3 Å². The number of carboxylic acid groups (broad SMARTS) is 1. The standard InChI is InChI=1S/C22H22N2O2/c25-22(26)11-8-17-3-1-4-19(13-17)15-24-14-18-6-9-20(10-7-18)21-5-2-12-23-16-21/h1-7,9-10,12-13,16,24H,8,11,14-15H2,(H,25,26). The molecule has 1 heterocycles. The Morgan fingerprint density at radius 3 is 2.38 bits per heavy atom. The third kappa shape index (κ3) is 5.26. The first-order valence-corrected chi connectivity index (χ1v) is 8.70. The highest BCUT2D eigenvalue weighted by Crippen LogP contribution is 2.18. The smallest absolute Gasteiger partial charge is 0.303 e. The molecule has 4 nitrogen and oxygen atoms in total. The summed E-state index contributed by atoms with van der Waals surface area (Å²) >= 11 is 0. The van der Waals surface area contributed by atoms with Gasteiger partial charge in [0.1, 0.15) is 0 Å². The molecule has 132 valence electrons. The topological polar surface area (TPSA) is 62.2 Å². The third-order valence-electron chi connectivity index (χ3n) is 4.23. The van der Waals surface area contributed by atoms with Crippen LogP contribution in [-0.4, -0.2) is 16.1 Å². The number of rotatable bonds is 8. The molecule has 0 fully saturated rings. The summed E-state index contributed by atoms with van der Waals surface area (Å²) in [6.45, 7) is 1.54. The van der Waals surface area contributed by atoms with Crippen LogP contribution >= 0.6 is 0 Å². The minimum absolute atomic E-state index is 0.167. The summed E-state index contributed by atoms with van der Waals surface area (Å²) in [6, 6.07) is 20.6. The number of carboxylic acids is 1. The highest BCUT2D eigenvalue weighted by atomic mass is 16.4. The van der Waals surface area contributed by atoms with Crippen LogP contribution in [0, 0.1) is 0 Å². The summed E-state index contributed by atoms with van der Waals surface area (Å²) in [5.41, 5.74) is 5.73. The number of nitrogens with one attached hydrogen (secondary N) is 1. The fraction of sp³-hybridized carbons (Fsp3) is 0.182. The molecular weight excluding hydrogens is 324 g/mol. The van der Waals surface area contributed by atoms with Crippen molar-refractivity contribution in [1.29, 1.82) is 0 Å². The van der Waals surface area contributed by atoms with Crippen molar-refractivity contribution in [2.75, 3.05) is 0 Å². The first-order valence-electron chi connectivity index (χ1n) is 8.70. The second kappa shape index (κ2) is 8.92. The number of pyridine rings is 1. The number of aliphatic carboxylic acids is 1. The quantitative estimate of drug-likeness (QED) is 0.646. The van der Waals surface area contributed by atoms with E-state index in [0.29, 0.717) is 6.42 Å². The lowest BCUT2D eigenvalue weighted by Gasteiger charge is -2.08. The normalized spacial score (nSPS) is 10.6. The van der Waals surface area contributed by atoms with E-state index < -0.39 is 5.97 Å². The number of hydrogen-bond donors (Lipinski definition) is 2. The van der Waals surface area contributed by atoms with E-state index in [9.17, 15) is 4.79 Å². The van der Waals surface area contributed by atoms with E-state index in [2.05, 4.69) is 52.8 Å². The Morgan fingerprint density at radius 2 is 1.65 bits per heavy atom. The number of aryl methyl sites for hydroxylation is 1. The summed E-state index contributed by atoms with van der Waals surface area (Å²) in [5.74, 6) is -0.761. The summed E-state index contributed by atoms with van der Waals surface area (Å²) in [4.78, 5) is 14.8. The number of aromatic nitrogens is 1. The van der Waals surface area contributed by atoms with E-state index in [1.54, 1.807) is 6.20 Å². The van der Waals surface area contributed by atoms with Crippen LogP contribution in [0.3, 0.4) is 0 Å². The molecule has 0 aliphatic rings. The van der Waals surface area contributed by atoms with Gasteiger partial charge < -0.3 is 10.4 Å². The predicted molar refractivity (Wildman–Crippen MR) is 103 cm³/mol. The monoisotopic (exact) mass is 346 g/mol. The Bertz CT molecular complexity index is 846. The zero-order valence-corrected chi connectivity index (χ0v) is 14.6. The lowest BCUT2D eigenvalue weighted by atomic mass is 10.1. The maximum Gasteiger partial charge on any atom is 0.303 e. The fourth-order valence-corrected chi connectivity index (χ4v) is 2.85. The predicted octanol–water partition coefficient (Wildman–Crippen LogP) is 4.06. The molecule has 0 atom stereocenters. The molecule has 0 saturated heterocycles. The molecule has 4 heteroatoms. The van der Waals surface area contributed by atoms with Crippen molar-refractivity contribution in [1.82, 2.24) is 10.3 Å². The van der Waals surface area contributed by atoms with Crippen LogP contribution in [0.2, 0.25) is 0 Å². The Kier molecular flexibility index (Phi) is 6.12. The first kappa shape index (κ1) is 17.8. The summed E-state index contributed by atoms with van der Waals surface area (Å²) < 4.78 is 0. The van der Waals surface area contributed by atoms with Crippen molar-refractivity contribution < 1.29 is 9.90 Å². The average Bonchev–Trinajstić information content (AvgIpc) is 2.68. The molecule has 1 aromatic heterocycles. The molecule has 0 bridgehead atoms. The lowest BCUT2D eigenvalue weighted by molar-refractivity contribution is -0.136. The molecule has 0 amide bonds. The molecule has 0 saturated carbocycles. The van der Waals surface area contributed by atoms with Crippen LogP contribution in [0.5, 0.6) is 0 Å². The van der Waals surface area contributed by atoms with Crippen LogP contribution in [0.1, 0.15) is 23.1 Å². The SMILES string of the molecule is O=C(O)CCc1cccc(CNCc2ccc(-c3cccnc3)cc2)c1. The second-order valence-electron chi connectivity index (χ2n) is 6.26. The first-order chi connectivity index (χ1) is 12.7. The maximum atomic E-state index is 10.7. The molecule has 0 radical (unpaired) electrons. The number of carbonyl (C=O) groups is 1. The molecule has 26 heavy (non-hydrogen) atoms. The Labute approximate surface area is 153 Å². The zero-order chi connectivity index (χ0) is 18.2. The van der Waals surface area contributed by atoms with Crippen molar-refractivity contribution in [3.8, 4) is 11.1 Å². The lowest BCUT2D eigenvalue weighted by Crippen LogP contribution is -2.12. The van der Waals surface area contributed by atoms with Gasteiger partial charge in [0, 0.05) is 31.9 Å². The van der Waals surface area contributed by atoms with Crippen LogP contribution < -0.4 is 5.32 Å². The minimum atomic E-state index is -0.761. The van der Waals surface area contributed by atoms with Crippen molar-refractivity contribution in [2.24, 2.45) is 0 Å². The molecule has 3 rings (SSSR count). The van der Waals surface area contributed by atoms with Gasteiger partial charge in [0.2, 0.25) is 0 Å². The summed E-state index contributed by atoms with van der Waals surface area (Å²) in [6.07, 6.45) is 4.38. The fourth-order valence-electron chi connectivity index (χ4n) is 2.85. The van der Waals surface area contributed by atoms with Crippen molar-refractivity contribution in [2.45, 2.75) is 25.9 Å². The van der Waals surface area contributed by atoms with Crippen molar-refractivity contribution in [3.63, 3.8) is 0 Å². The maximum absolute atomic E-state index is 10.7. The van der Waals surface area contributed by atoms with Gasteiger partial charge in [0.25, 0.3) is 0 Å². The highest BCUT2D eigenvalue weighted by Gasteiger charge is 2.01. The van der Waals surface area contributed by atoms with Crippen LogP contribution in [0.15, 0.2) is 73.1 Å². The average molecular weight is 346 g/mol. The van der Waals surface area contributed by atoms with Crippen LogP contribution in [0.4, 0.5) is 0 Å². The van der Waals surface area contributed by atoms with E-state index in [0.717, 1.165) is 29.8 Å². The van der Waals surface area contributed by atoms with Gasteiger partial charge >= 0.3 is 5.97 Å². The Balaban J connectivity index is 1.52. The number of nitrogens with zero attached hydrogens (tertiary/aromatic N) is 1. The Morgan fingerprint density at radius 1 is 0.885 bits per heavy atom. The molecule has 2 N–H and O–H groups in total. The van der Waals surface area contributed by atoms with E-state index >= 15 is 0 Å². The van der Waals surface area contributed by atoms with Gasteiger partial charge in [0.05, 0.1) is 0 Å². The van der Waals surface area contributed by atoms with E-state index in [-0.39, 0.29) is 6.42 Å². The van der Waals surface area contributed by atoms with E-state index in [1.807, 2.05) is 24.4 Å². The van der Waals surface area contributed by atoms with Gasteiger partial charge in [-0.25, -0.2) is 0 Å². The van der Waals surface area contributed by atoms with Crippen molar-refractivity contribution >= 4 is 5.97 Å². The third-order valence-corrected chi connectivity index (χ3v) is 4.23. The van der Waals surface area contributed by atoms with E-state index in [1.165, 1.54) is 11.1 Å². The zero-order valence-electron chi connectivity index (χ0n) is 14.6. The van der Waals surface area contributed by atoms with Gasteiger partial charge in [-0.2, -0.15) is 0 Å². The van der Waals surface area contributed by atoms with Crippen LogP contribution in [-0.2, 0) is 24.3 Å².